The first-order valence-corrected chi connectivity index (χ1v) is 7.54. The molecule has 4 heteroatoms. The van der Waals surface area contributed by atoms with Gasteiger partial charge in [0.05, 0.1) is 0 Å². The van der Waals surface area contributed by atoms with Gasteiger partial charge < -0.3 is 0 Å². The van der Waals surface area contributed by atoms with Crippen molar-refractivity contribution >= 4 is 27.5 Å². The third kappa shape index (κ3) is 3.60. The molecule has 2 aromatic rings. The molecule has 20 heavy (non-hydrogen) atoms. The predicted octanol–water partition coefficient (Wildman–Crippen LogP) is 5.43. The van der Waals surface area contributed by atoms with Gasteiger partial charge in [-0.1, -0.05) is 51.8 Å². The van der Waals surface area contributed by atoms with Crippen LogP contribution in [-0.4, -0.2) is 11.9 Å². The molecule has 0 spiro atoms. The van der Waals surface area contributed by atoms with E-state index in [-0.39, 0.29) is 11.9 Å². The van der Waals surface area contributed by atoms with E-state index in [0.29, 0.717) is 17.1 Å². The van der Waals surface area contributed by atoms with Crippen LogP contribution in [0.4, 0.5) is 4.39 Å². The minimum atomic E-state index is -0.172. The Morgan fingerprint density at radius 1 is 1.25 bits per heavy atom. The second-order valence-electron chi connectivity index (χ2n) is 4.85. The van der Waals surface area contributed by atoms with Crippen molar-refractivity contribution in [3.8, 4) is 0 Å². The van der Waals surface area contributed by atoms with Gasteiger partial charge in [0.2, 0.25) is 0 Å². The molecule has 0 fully saturated rings. The van der Waals surface area contributed by atoms with Crippen LogP contribution in [0.25, 0.3) is 0 Å². The van der Waals surface area contributed by atoms with Crippen molar-refractivity contribution in [2.75, 3.05) is 7.05 Å². The van der Waals surface area contributed by atoms with Crippen LogP contribution in [-0.2, 0) is 6.54 Å². The Hall–Kier alpha value is -0.900. The fourth-order valence-corrected chi connectivity index (χ4v) is 2.84. The number of halogens is 3. The summed E-state index contributed by atoms with van der Waals surface area (Å²) < 4.78 is 14.8. The summed E-state index contributed by atoms with van der Waals surface area (Å²) in [5.74, 6) is -0.172. The molecule has 0 amide bonds. The molecule has 0 aromatic heterocycles. The van der Waals surface area contributed by atoms with E-state index >= 15 is 0 Å². The lowest BCUT2D eigenvalue weighted by molar-refractivity contribution is 0.248. The number of rotatable bonds is 4. The largest absolute Gasteiger partial charge is 0.295 e. The Kier molecular flexibility index (Phi) is 5.19. The number of benzene rings is 2. The molecular formula is C16H16BrClFN. The summed E-state index contributed by atoms with van der Waals surface area (Å²) in [7, 11) is 1.97. The van der Waals surface area contributed by atoms with Gasteiger partial charge in [-0.05, 0) is 37.7 Å². The Balaban J connectivity index is 2.15. The van der Waals surface area contributed by atoms with E-state index in [2.05, 4.69) is 20.8 Å². The molecule has 106 valence electrons. The lowest BCUT2D eigenvalue weighted by Gasteiger charge is -2.26. The Morgan fingerprint density at radius 2 is 1.95 bits per heavy atom. The van der Waals surface area contributed by atoms with Crippen LogP contribution in [0.15, 0.2) is 46.9 Å². The van der Waals surface area contributed by atoms with Crippen LogP contribution in [0.1, 0.15) is 24.1 Å². The average Bonchev–Trinajstić information content (AvgIpc) is 2.41. The Labute approximate surface area is 132 Å². The number of nitrogens with zero attached hydrogens (tertiary/aromatic N) is 1. The van der Waals surface area contributed by atoms with Crippen molar-refractivity contribution in [2.24, 2.45) is 0 Å². The van der Waals surface area contributed by atoms with Gasteiger partial charge in [0.15, 0.2) is 0 Å². The number of hydrogen-bond donors (Lipinski definition) is 0. The standard InChI is InChI=1S/C16H16BrClFN/c1-11(14-5-3-4-6-16(14)19)20(2)10-12-7-8-13(17)9-15(12)18/h3-9,11H,10H2,1-2H3. The molecule has 1 atom stereocenters. The van der Waals surface area contributed by atoms with Gasteiger partial charge in [0.25, 0.3) is 0 Å². The lowest BCUT2D eigenvalue weighted by Crippen LogP contribution is -2.22. The molecule has 0 saturated heterocycles. The van der Waals surface area contributed by atoms with E-state index in [1.165, 1.54) is 6.07 Å². The summed E-state index contributed by atoms with van der Waals surface area (Å²) in [4.78, 5) is 2.08. The van der Waals surface area contributed by atoms with Gasteiger partial charge in [0, 0.05) is 27.6 Å². The van der Waals surface area contributed by atoms with Crippen molar-refractivity contribution in [3.63, 3.8) is 0 Å². The zero-order valence-electron chi connectivity index (χ0n) is 11.4. The lowest BCUT2D eigenvalue weighted by atomic mass is 10.1. The average molecular weight is 357 g/mol. The molecule has 0 radical (unpaired) electrons. The molecule has 0 N–H and O–H groups in total. The summed E-state index contributed by atoms with van der Waals surface area (Å²) in [6.45, 7) is 2.66. The third-order valence-corrected chi connectivity index (χ3v) is 4.30. The molecule has 2 rings (SSSR count). The molecular weight excluding hydrogens is 341 g/mol. The maximum absolute atomic E-state index is 13.8. The molecule has 1 nitrogen and oxygen atoms in total. The summed E-state index contributed by atoms with van der Waals surface area (Å²) in [6.07, 6.45) is 0. The highest BCUT2D eigenvalue weighted by Gasteiger charge is 2.16. The van der Waals surface area contributed by atoms with Crippen LogP contribution >= 0.6 is 27.5 Å². The van der Waals surface area contributed by atoms with Gasteiger partial charge in [-0.15, -0.1) is 0 Å². The first-order valence-electron chi connectivity index (χ1n) is 6.37. The van der Waals surface area contributed by atoms with Gasteiger partial charge in [-0.3, -0.25) is 4.90 Å². The summed E-state index contributed by atoms with van der Waals surface area (Å²) in [5, 5.41) is 0.715. The molecule has 0 aliphatic carbocycles. The molecule has 0 bridgehead atoms. The van der Waals surface area contributed by atoms with Gasteiger partial charge in [-0.2, -0.15) is 0 Å². The van der Waals surface area contributed by atoms with E-state index in [4.69, 9.17) is 11.6 Å². The van der Waals surface area contributed by atoms with E-state index in [0.717, 1.165) is 10.0 Å². The first kappa shape index (κ1) is 15.5. The van der Waals surface area contributed by atoms with E-state index in [9.17, 15) is 4.39 Å². The normalized spacial score (nSPS) is 12.7. The second-order valence-corrected chi connectivity index (χ2v) is 6.17. The molecule has 1 unspecified atom stereocenters. The van der Waals surface area contributed by atoms with Crippen molar-refractivity contribution in [1.82, 2.24) is 4.90 Å². The second kappa shape index (κ2) is 6.70. The monoisotopic (exact) mass is 355 g/mol. The van der Waals surface area contributed by atoms with Crippen molar-refractivity contribution in [3.05, 3.63) is 68.9 Å². The van der Waals surface area contributed by atoms with Gasteiger partial charge >= 0.3 is 0 Å². The van der Waals surface area contributed by atoms with Crippen LogP contribution in [0, 0.1) is 5.82 Å². The minimum absolute atomic E-state index is 0.0177. The minimum Gasteiger partial charge on any atom is -0.295 e. The van der Waals surface area contributed by atoms with Crippen LogP contribution < -0.4 is 0 Å². The number of hydrogen-bond acceptors (Lipinski definition) is 1. The fraction of sp³-hybridized carbons (Fsp3) is 0.250. The van der Waals surface area contributed by atoms with E-state index < -0.39 is 0 Å². The molecule has 0 heterocycles. The van der Waals surface area contributed by atoms with Gasteiger partial charge in [0.1, 0.15) is 5.82 Å². The van der Waals surface area contributed by atoms with Gasteiger partial charge in [-0.25, -0.2) is 4.39 Å². The molecule has 2 aromatic carbocycles. The van der Waals surface area contributed by atoms with Crippen molar-refractivity contribution in [1.29, 1.82) is 0 Å². The van der Waals surface area contributed by atoms with Crippen LogP contribution in [0.3, 0.4) is 0 Å². The van der Waals surface area contributed by atoms with Crippen LogP contribution in [0.5, 0.6) is 0 Å². The maximum atomic E-state index is 13.8. The zero-order valence-corrected chi connectivity index (χ0v) is 13.7. The zero-order chi connectivity index (χ0) is 14.7. The topological polar surface area (TPSA) is 3.24 Å². The SMILES string of the molecule is CC(c1ccccc1F)N(C)Cc1ccc(Br)cc1Cl. The van der Waals surface area contributed by atoms with Crippen LogP contribution in [0.2, 0.25) is 5.02 Å². The Morgan fingerprint density at radius 3 is 2.60 bits per heavy atom. The smallest absolute Gasteiger partial charge is 0.127 e. The van der Waals surface area contributed by atoms with E-state index in [1.54, 1.807) is 6.07 Å². The Bertz CT molecular complexity index is 603. The summed E-state index contributed by atoms with van der Waals surface area (Å²) in [6, 6.07) is 12.7. The van der Waals surface area contributed by atoms with E-state index in [1.807, 2.05) is 44.3 Å². The quantitative estimate of drug-likeness (QED) is 0.705. The fourth-order valence-electron chi connectivity index (χ4n) is 2.11. The molecule has 0 saturated carbocycles. The molecule has 0 aliphatic rings. The molecule has 0 aliphatic heterocycles. The predicted molar refractivity (Wildman–Crippen MR) is 85.4 cm³/mol. The first-order chi connectivity index (χ1) is 9.49. The maximum Gasteiger partial charge on any atom is 0.127 e. The third-order valence-electron chi connectivity index (χ3n) is 3.45. The highest BCUT2D eigenvalue weighted by molar-refractivity contribution is 9.10. The summed E-state index contributed by atoms with van der Waals surface area (Å²) in [5.41, 5.74) is 1.73. The summed E-state index contributed by atoms with van der Waals surface area (Å²) >= 11 is 9.61. The van der Waals surface area contributed by atoms with Crippen molar-refractivity contribution < 1.29 is 4.39 Å². The van der Waals surface area contributed by atoms with Crippen molar-refractivity contribution in [2.45, 2.75) is 19.5 Å². The highest BCUT2D eigenvalue weighted by Crippen LogP contribution is 2.27. The highest BCUT2D eigenvalue weighted by atomic mass is 79.9.